The van der Waals surface area contributed by atoms with Gasteiger partial charge in [0, 0.05) is 36.9 Å². The van der Waals surface area contributed by atoms with Gasteiger partial charge in [-0.15, -0.1) is 0 Å². The van der Waals surface area contributed by atoms with Crippen LogP contribution in [0, 0.1) is 12.8 Å². The Morgan fingerprint density at radius 1 is 1.06 bits per heavy atom. The summed E-state index contributed by atoms with van der Waals surface area (Å²) < 4.78 is 38.3. The predicted molar refractivity (Wildman–Crippen MR) is 112 cm³/mol. The Balaban J connectivity index is 1.38. The Hall–Kier alpha value is -3.43. The topological polar surface area (TPSA) is 84.8 Å². The Morgan fingerprint density at radius 3 is 2.55 bits per heavy atom. The van der Waals surface area contributed by atoms with E-state index in [0.29, 0.717) is 29.2 Å². The van der Waals surface area contributed by atoms with Crippen LogP contribution in [0.3, 0.4) is 0 Å². The lowest BCUT2D eigenvalue weighted by Crippen LogP contribution is -2.37. The number of nitrogens with zero attached hydrogens (tertiary/aromatic N) is 6. The molecule has 33 heavy (non-hydrogen) atoms. The summed E-state index contributed by atoms with van der Waals surface area (Å²) in [4.78, 5) is 36.0. The van der Waals surface area contributed by atoms with Crippen LogP contribution in [0.5, 0.6) is 0 Å². The lowest BCUT2D eigenvalue weighted by atomic mass is 9.86. The molecule has 10 heteroatoms. The van der Waals surface area contributed by atoms with Crippen LogP contribution >= 0.6 is 0 Å². The smallest absolute Gasteiger partial charge is 0.331 e. The summed E-state index contributed by atoms with van der Waals surface area (Å²) in [6.45, 7) is 1.90. The Morgan fingerprint density at radius 2 is 1.85 bits per heavy atom. The predicted octanol–water partition coefficient (Wildman–Crippen LogP) is 3.89. The summed E-state index contributed by atoms with van der Waals surface area (Å²) in [5.74, 6) is 0.395. The second kappa shape index (κ2) is 8.17. The van der Waals surface area contributed by atoms with E-state index >= 15 is 0 Å². The highest BCUT2D eigenvalue weighted by molar-refractivity contribution is 5.99. The minimum atomic E-state index is -4.51. The van der Waals surface area contributed by atoms with E-state index in [-0.39, 0.29) is 23.9 Å². The van der Waals surface area contributed by atoms with Crippen LogP contribution in [-0.2, 0) is 12.6 Å². The van der Waals surface area contributed by atoms with Gasteiger partial charge in [0.05, 0.1) is 17.5 Å². The molecular weight excluding hydrogens is 433 g/mol. The second-order valence-corrected chi connectivity index (χ2v) is 8.58. The summed E-state index contributed by atoms with van der Waals surface area (Å²) in [7, 11) is 0. The monoisotopic (exact) mass is 454 g/mol. The molecule has 7 nitrogen and oxygen atoms in total. The first kappa shape index (κ1) is 21.4. The molecule has 0 spiro atoms. The fourth-order valence-corrected chi connectivity index (χ4v) is 4.99. The molecule has 0 radical (unpaired) electrons. The lowest BCUT2D eigenvalue weighted by molar-refractivity contribution is -0.141. The number of rotatable bonds is 4. The highest BCUT2D eigenvalue weighted by Gasteiger charge is 2.49. The van der Waals surface area contributed by atoms with Gasteiger partial charge in [0.25, 0.3) is 5.91 Å². The average Bonchev–Trinajstić information content (AvgIpc) is 3.37. The Labute approximate surface area is 188 Å². The first-order valence-electron chi connectivity index (χ1n) is 10.8. The maximum Gasteiger partial charge on any atom is 0.434 e. The van der Waals surface area contributed by atoms with Gasteiger partial charge in [-0.1, -0.05) is 0 Å². The fourth-order valence-electron chi connectivity index (χ4n) is 4.99. The van der Waals surface area contributed by atoms with E-state index in [0.717, 1.165) is 31.0 Å². The van der Waals surface area contributed by atoms with Gasteiger partial charge in [0.2, 0.25) is 0 Å². The van der Waals surface area contributed by atoms with Crippen molar-refractivity contribution in [3.05, 3.63) is 65.8 Å². The third-order valence-electron chi connectivity index (χ3n) is 6.40. The number of amides is 1. The molecule has 5 heterocycles. The normalized spacial score (nSPS) is 22.1. The van der Waals surface area contributed by atoms with Crippen molar-refractivity contribution < 1.29 is 18.0 Å². The van der Waals surface area contributed by atoms with E-state index < -0.39 is 11.9 Å². The molecule has 0 saturated carbocycles. The number of aryl methyl sites for hydroxylation is 1. The highest BCUT2D eigenvalue weighted by Crippen LogP contribution is 2.44. The van der Waals surface area contributed by atoms with Crippen molar-refractivity contribution in [2.75, 3.05) is 0 Å². The fraction of sp³-hybridized carbons (Fsp3) is 0.391. The molecule has 2 fully saturated rings. The number of halogens is 3. The standard InChI is InChI=1S/C23H21F3N6O/c1-13-7-17(21-27-5-2-6-28-21)20(31-10-13)22(33)32-16-3-4-18(32)14(9-16)8-15-11-30-19(12-29-15)23(24,25)26/h2,5-7,10-12,14,16,18H,3-4,8-9H2,1H3. The van der Waals surface area contributed by atoms with Gasteiger partial charge >= 0.3 is 6.18 Å². The van der Waals surface area contributed by atoms with Crippen LogP contribution < -0.4 is 0 Å². The van der Waals surface area contributed by atoms with Crippen molar-refractivity contribution in [2.24, 2.45) is 5.92 Å². The molecule has 0 N–H and O–H groups in total. The number of pyridine rings is 1. The zero-order valence-electron chi connectivity index (χ0n) is 17.8. The maximum atomic E-state index is 13.6. The van der Waals surface area contributed by atoms with Gasteiger partial charge in [-0.2, -0.15) is 13.2 Å². The third kappa shape index (κ3) is 4.05. The molecule has 3 unspecified atom stereocenters. The molecule has 3 aromatic rings. The Kier molecular flexibility index (Phi) is 5.30. The summed E-state index contributed by atoms with van der Waals surface area (Å²) in [6.07, 6.45) is 5.36. The van der Waals surface area contributed by atoms with Gasteiger partial charge in [-0.05, 0) is 56.2 Å². The van der Waals surface area contributed by atoms with Crippen molar-refractivity contribution in [3.8, 4) is 11.4 Å². The van der Waals surface area contributed by atoms with Crippen LogP contribution in [0.2, 0.25) is 0 Å². The summed E-state index contributed by atoms with van der Waals surface area (Å²) in [5, 5.41) is 0. The van der Waals surface area contributed by atoms with Gasteiger partial charge < -0.3 is 4.90 Å². The third-order valence-corrected chi connectivity index (χ3v) is 6.40. The quantitative estimate of drug-likeness (QED) is 0.595. The SMILES string of the molecule is Cc1cnc(C(=O)N2C3CCC2C(Cc2cnc(C(F)(F)F)cn2)C3)c(-c2ncccn2)c1. The second-order valence-electron chi connectivity index (χ2n) is 8.58. The number of hydrogen-bond acceptors (Lipinski definition) is 6. The van der Waals surface area contributed by atoms with Crippen molar-refractivity contribution in [3.63, 3.8) is 0 Å². The molecule has 170 valence electrons. The molecule has 3 aromatic heterocycles. The zero-order valence-corrected chi connectivity index (χ0v) is 17.8. The molecule has 3 atom stereocenters. The van der Waals surface area contributed by atoms with Gasteiger partial charge in [0.15, 0.2) is 11.5 Å². The molecule has 0 aliphatic carbocycles. The van der Waals surface area contributed by atoms with Crippen LogP contribution in [0.1, 0.15) is 46.7 Å². The number of fused-ring (bicyclic) bond motifs is 2. The number of aromatic nitrogens is 5. The molecule has 5 rings (SSSR count). The largest absolute Gasteiger partial charge is 0.434 e. The van der Waals surface area contributed by atoms with Crippen molar-refractivity contribution in [2.45, 2.75) is 50.9 Å². The van der Waals surface area contributed by atoms with E-state index in [4.69, 9.17) is 0 Å². The van der Waals surface area contributed by atoms with Crippen LogP contribution in [-0.4, -0.2) is 47.8 Å². The molecule has 2 aliphatic rings. The van der Waals surface area contributed by atoms with E-state index in [1.54, 1.807) is 24.7 Å². The number of hydrogen-bond donors (Lipinski definition) is 0. The number of carbonyl (C=O) groups excluding carboxylic acids is 1. The number of carbonyl (C=O) groups is 1. The molecule has 2 bridgehead atoms. The van der Waals surface area contributed by atoms with E-state index in [9.17, 15) is 18.0 Å². The minimum absolute atomic E-state index is 0.0146. The summed E-state index contributed by atoms with van der Waals surface area (Å²) in [6, 6.07) is 3.63. The van der Waals surface area contributed by atoms with Crippen molar-refractivity contribution in [1.82, 2.24) is 29.8 Å². The summed E-state index contributed by atoms with van der Waals surface area (Å²) >= 11 is 0. The van der Waals surface area contributed by atoms with Crippen molar-refractivity contribution in [1.29, 1.82) is 0 Å². The van der Waals surface area contributed by atoms with E-state index in [2.05, 4.69) is 24.9 Å². The van der Waals surface area contributed by atoms with Crippen LogP contribution in [0.15, 0.2) is 43.1 Å². The first-order chi connectivity index (χ1) is 15.8. The first-order valence-corrected chi connectivity index (χ1v) is 10.8. The van der Waals surface area contributed by atoms with E-state index in [1.807, 2.05) is 17.9 Å². The summed E-state index contributed by atoms with van der Waals surface area (Å²) in [5.41, 5.74) is 1.31. The molecule has 2 saturated heterocycles. The average molecular weight is 454 g/mol. The maximum absolute atomic E-state index is 13.6. The van der Waals surface area contributed by atoms with Crippen LogP contribution in [0.25, 0.3) is 11.4 Å². The molecule has 1 amide bonds. The molecular formula is C23H21F3N6O. The minimum Gasteiger partial charge on any atom is -0.331 e. The highest BCUT2D eigenvalue weighted by atomic mass is 19.4. The van der Waals surface area contributed by atoms with Gasteiger partial charge in [-0.3, -0.25) is 14.8 Å². The van der Waals surface area contributed by atoms with E-state index in [1.165, 1.54) is 6.20 Å². The van der Waals surface area contributed by atoms with Gasteiger partial charge in [-0.25, -0.2) is 15.0 Å². The lowest BCUT2D eigenvalue weighted by Gasteiger charge is -2.25. The van der Waals surface area contributed by atoms with Crippen LogP contribution in [0.4, 0.5) is 13.2 Å². The molecule has 2 aliphatic heterocycles. The number of alkyl halides is 3. The molecule has 0 aromatic carbocycles. The van der Waals surface area contributed by atoms with Gasteiger partial charge in [0.1, 0.15) is 5.69 Å². The Bertz CT molecular complexity index is 1170. The zero-order chi connectivity index (χ0) is 23.2. The van der Waals surface area contributed by atoms with Crippen molar-refractivity contribution >= 4 is 5.91 Å².